The van der Waals surface area contributed by atoms with E-state index in [0.717, 1.165) is 5.92 Å². The van der Waals surface area contributed by atoms with E-state index in [4.69, 9.17) is 4.74 Å². The summed E-state index contributed by atoms with van der Waals surface area (Å²) in [6.45, 7) is 7.59. The van der Waals surface area contributed by atoms with Crippen LogP contribution in [0.5, 0.6) is 5.75 Å². The second-order valence-electron chi connectivity index (χ2n) is 9.43. The van der Waals surface area contributed by atoms with Crippen molar-refractivity contribution in [2.24, 2.45) is 5.92 Å². The summed E-state index contributed by atoms with van der Waals surface area (Å²) >= 11 is 0. The molecule has 1 aliphatic rings. The highest BCUT2D eigenvalue weighted by molar-refractivity contribution is 5.88. The molecule has 1 saturated carbocycles. The Morgan fingerprint density at radius 3 is 1.93 bits per heavy atom. The summed E-state index contributed by atoms with van der Waals surface area (Å²) in [7, 11) is 0. The second kappa shape index (κ2) is 14.4. The third-order valence-corrected chi connectivity index (χ3v) is 6.72. The van der Waals surface area contributed by atoms with Crippen LogP contribution in [-0.4, -0.2) is 5.97 Å². The average molecular weight is 413 g/mol. The molecule has 0 saturated heterocycles. The number of hydrogen-bond donors (Lipinski definition) is 0. The van der Waals surface area contributed by atoms with Gasteiger partial charge < -0.3 is 4.74 Å². The summed E-state index contributed by atoms with van der Waals surface area (Å²) in [6.07, 6.45) is 21.0. The Kier molecular flexibility index (Phi) is 11.9. The lowest BCUT2D eigenvalue weighted by Crippen LogP contribution is -2.13. The van der Waals surface area contributed by atoms with Crippen LogP contribution in [-0.2, 0) is 4.79 Å². The molecule has 0 bridgehead atoms. The Morgan fingerprint density at radius 2 is 1.40 bits per heavy atom. The maximum atomic E-state index is 11.6. The highest BCUT2D eigenvalue weighted by atomic mass is 16.5. The number of carbonyl (C=O) groups is 1. The van der Waals surface area contributed by atoms with E-state index in [9.17, 15) is 4.79 Å². The number of benzene rings is 1. The predicted octanol–water partition coefficient (Wildman–Crippen LogP) is 8.75. The number of ether oxygens (including phenoxy) is 1. The fourth-order valence-corrected chi connectivity index (χ4v) is 4.71. The zero-order valence-corrected chi connectivity index (χ0v) is 19.6. The minimum atomic E-state index is -0.352. The average Bonchev–Trinajstić information content (AvgIpc) is 2.76. The van der Waals surface area contributed by atoms with Crippen molar-refractivity contribution >= 4 is 5.97 Å². The first kappa shape index (κ1) is 24.7. The molecule has 0 aliphatic heterocycles. The molecule has 0 heterocycles. The van der Waals surface area contributed by atoms with Crippen LogP contribution in [0.25, 0.3) is 0 Å². The fourth-order valence-electron chi connectivity index (χ4n) is 4.71. The molecule has 2 nitrogen and oxygen atoms in total. The first-order valence-corrected chi connectivity index (χ1v) is 12.6. The van der Waals surface area contributed by atoms with Gasteiger partial charge in [-0.25, -0.2) is 4.79 Å². The molecule has 168 valence electrons. The molecule has 0 N–H and O–H groups in total. The van der Waals surface area contributed by atoms with Crippen molar-refractivity contribution in [2.45, 2.75) is 116 Å². The predicted molar refractivity (Wildman–Crippen MR) is 128 cm³/mol. The van der Waals surface area contributed by atoms with Crippen LogP contribution < -0.4 is 4.74 Å². The lowest BCUT2D eigenvalue weighted by molar-refractivity contribution is -0.130. The smallest absolute Gasteiger partial charge is 0.338 e. The van der Waals surface area contributed by atoms with Gasteiger partial charge in [-0.1, -0.05) is 96.3 Å². The quantitative estimate of drug-likeness (QED) is 0.132. The Morgan fingerprint density at radius 1 is 0.867 bits per heavy atom. The molecule has 1 aromatic rings. The van der Waals surface area contributed by atoms with Gasteiger partial charge in [0.05, 0.1) is 0 Å². The van der Waals surface area contributed by atoms with Gasteiger partial charge in [-0.15, -0.1) is 0 Å². The van der Waals surface area contributed by atoms with Gasteiger partial charge in [0.25, 0.3) is 0 Å². The molecule has 30 heavy (non-hydrogen) atoms. The van der Waals surface area contributed by atoms with Crippen LogP contribution in [0.4, 0.5) is 0 Å². The summed E-state index contributed by atoms with van der Waals surface area (Å²) in [6, 6.07) is 8.11. The van der Waals surface area contributed by atoms with Gasteiger partial charge in [0, 0.05) is 5.57 Å². The van der Waals surface area contributed by atoms with Crippen LogP contribution in [0.1, 0.15) is 122 Å². The number of carbonyl (C=O) groups excluding carboxylic acids is 1. The van der Waals surface area contributed by atoms with Gasteiger partial charge in [0.15, 0.2) is 0 Å². The minimum Gasteiger partial charge on any atom is -0.423 e. The Bertz CT molecular complexity index is 608. The summed E-state index contributed by atoms with van der Waals surface area (Å²) in [5.74, 6) is 1.86. The normalized spacial score (nSPS) is 18.9. The molecule has 0 radical (unpaired) electrons. The Hall–Kier alpha value is -1.57. The molecule has 1 aliphatic carbocycles. The number of rotatable bonds is 14. The van der Waals surface area contributed by atoms with Crippen LogP contribution in [0.15, 0.2) is 36.4 Å². The number of esters is 1. The van der Waals surface area contributed by atoms with E-state index < -0.39 is 0 Å². The summed E-state index contributed by atoms with van der Waals surface area (Å²) < 4.78 is 5.30. The molecule has 1 aromatic carbocycles. The molecule has 2 heteroatoms. The zero-order valence-electron chi connectivity index (χ0n) is 19.6. The third kappa shape index (κ3) is 9.49. The van der Waals surface area contributed by atoms with Gasteiger partial charge in [-0.3, -0.25) is 0 Å². The number of unbranched alkanes of at least 4 members (excludes halogenated alkanes) is 9. The lowest BCUT2D eigenvalue weighted by Gasteiger charge is -2.29. The van der Waals surface area contributed by atoms with Crippen molar-refractivity contribution < 1.29 is 9.53 Å². The largest absolute Gasteiger partial charge is 0.423 e. The van der Waals surface area contributed by atoms with E-state index >= 15 is 0 Å². The van der Waals surface area contributed by atoms with Crippen molar-refractivity contribution in [2.75, 3.05) is 0 Å². The molecule has 0 amide bonds. The van der Waals surface area contributed by atoms with E-state index in [1.165, 1.54) is 102 Å². The summed E-state index contributed by atoms with van der Waals surface area (Å²) in [5.41, 5.74) is 1.82. The molecular formula is C28H44O2. The van der Waals surface area contributed by atoms with Crippen molar-refractivity contribution in [1.82, 2.24) is 0 Å². The van der Waals surface area contributed by atoms with Gasteiger partial charge in [0.2, 0.25) is 0 Å². The van der Waals surface area contributed by atoms with Crippen LogP contribution in [0, 0.1) is 5.92 Å². The SMILES string of the molecule is C=C(C)C(=O)Oc1ccc(C2CCC(CCCCCCCCCCCC)CC2)cc1. The van der Waals surface area contributed by atoms with Gasteiger partial charge in [-0.2, -0.15) is 0 Å². The summed E-state index contributed by atoms with van der Waals surface area (Å²) in [4.78, 5) is 11.6. The standard InChI is InChI=1S/C28H44O2/c1-4-5-6-7-8-9-10-11-12-13-14-24-15-17-25(18-16-24)26-19-21-27(22-20-26)30-28(29)23(2)3/h19-22,24-25H,2,4-18H2,1,3H3. The van der Waals surface area contributed by atoms with Gasteiger partial charge >= 0.3 is 5.97 Å². The molecule has 2 rings (SSSR count). The van der Waals surface area contributed by atoms with Crippen molar-refractivity contribution in [1.29, 1.82) is 0 Å². The first-order valence-electron chi connectivity index (χ1n) is 12.6. The van der Waals surface area contributed by atoms with E-state index in [1.54, 1.807) is 6.92 Å². The minimum absolute atomic E-state index is 0.352. The molecule has 1 fully saturated rings. The highest BCUT2D eigenvalue weighted by Gasteiger charge is 2.22. The van der Waals surface area contributed by atoms with Crippen molar-refractivity contribution in [3.8, 4) is 5.75 Å². The summed E-state index contributed by atoms with van der Waals surface area (Å²) in [5, 5.41) is 0. The molecule has 0 unspecified atom stereocenters. The number of hydrogen-bond acceptors (Lipinski definition) is 2. The van der Waals surface area contributed by atoms with E-state index in [-0.39, 0.29) is 5.97 Å². The molecule has 0 aromatic heterocycles. The second-order valence-corrected chi connectivity index (χ2v) is 9.43. The first-order chi connectivity index (χ1) is 14.6. The Labute approximate surface area is 185 Å². The lowest BCUT2D eigenvalue weighted by atomic mass is 9.77. The van der Waals surface area contributed by atoms with Crippen molar-refractivity contribution in [3.63, 3.8) is 0 Å². The fraction of sp³-hybridized carbons (Fsp3) is 0.679. The third-order valence-electron chi connectivity index (χ3n) is 6.72. The van der Waals surface area contributed by atoms with Gasteiger partial charge in [0.1, 0.15) is 5.75 Å². The maximum Gasteiger partial charge on any atom is 0.338 e. The maximum absolute atomic E-state index is 11.6. The van der Waals surface area contributed by atoms with E-state index in [1.807, 2.05) is 12.1 Å². The van der Waals surface area contributed by atoms with E-state index in [0.29, 0.717) is 17.2 Å². The highest BCUT2D eigenvalue weighted by Crippen LogP contribution is 2.38. The van der Waals surface area contributed by atoms with E-state index in [2.05, 4.69) is 25.6 Å². The van der Waals surface area contributed by atoms with Crippen LogP contribution in [0.3, 0.4) is 0 Å². The van der Waals surface area contributed by atoms with Crippen LogP contribution in [0.2, 0.25) is 0 Å². The zero-order chi connectivity index (χ0) is 21.6. The topological polar surface area (TPSA) is 26.3 Å². The van der Waals surface area contributed by atoms with Crippen LogP contribution >= 0.6 is 0 Å². The van der Waals surface area contributed by atoms with Gasteiger partial charge in [-0.05, 0) is 62.1 Å². The Balaban J connectivity index is 1.55. The molecule has 0 spiro atoms. The monoisotopic (exact) mass is 412 g/mol. The molecule has 0 atom stereocenters. The van der Waals surface area contributed by atoms with Crippen molar-refractivity contribution in [3.05, 3.63) is 42.0 Å². The molecular weight excluding hydrogens is 368 g/mol.